The highest BCUT2D eigenvalue weighted by Crippen LogP contribution is 2.37. The predicted octanol–water partition coefficient (Wildman–Crippen LogP) is 5.28. The van der Waals surface area contributed by atoms with Gasteiger partial charge in [-0.2, -0.15) is 0 Å². The number of rotatable bonds is 6. The second-order valence-electron chi connectivity index (χ2n) is 6.92. The van der Waals surface area contributed by atoms with Crippen molar-refractivity contribution in [2.24, 2.45) is 0 Å². The molecule has 0 saturated heterocycles. The lowest BCUT2D eigenvalue weighted by atomic mass is 10.1. The largest absolute Gasteiger partial charge is 0.462 e. The summed E-state index contributed by atoms with van der Waals surface area (Å²) in [6, 6.07) is 22.1. The molecule has 0 saturated carbocycles. The van der Waals surface area contributed by atoms with Gasteiger partial charge in [0.2, 0.25) is 0 Å². The first-order chi connectivity index (χ1) is 14.6. The first-order valence-electron chi connectivity index (χ1n) is 9.76. The quantitative estimate of drug-likeness (QED) is 0.551. The van der Waals surface area contributed by atoms with Crippen LogP contribution >= 0.6 is 11.6 Å². The fourth-order valence-electron chi connectivity index (χ4n) is 3.64. The summed E-state index contributed by atoms with van der Waals surface area (Å²) in [4.78, 5) is 27.3. The standard InChI is InChI=1S/C24H21ClN2O3/c1-2-30-24(29)19-12-6-8-14-21(19)26-22-17-10-4-5-11-18(17)23(28)27(22)15-16-9-3-7-13-20(16)25/h3-14,22,26H,2,15H2,1H3. The Hall–Kier alpha value is -3.31. The number of fused-ring (bicyclic) bond motifs is 1. The lowest BCUT2D eigenvalue weighted by Crippen LogP contribution is -2.32. The monoisotopic (exact) mass is 420 g/mol. The minimum Gasteiger partial charge on any atom is -0.462 e. The molecule has 0 aliphatic carbocycles. The van der Waals surface area contributed by atoms with Crippen LogP contribution in [0.25, 0.3) is 0 Å². The molecule has 1 aliphatic heterocycles. The van der Waals surface area contributed by atoms with Crippen molar-refractivity contribution in [1.29, 1.82) is 0 Å². The highest BCUT2D eigenvalue weighted by atomic mass is 35.5. The van der Waals surface area contributed by atoms with E-state index in [-0.39, 0.29) is 12.5 Å². The Labute approximate surface area is 180 Å². The number of hydrogen-bond acceptors (Lipinski definition) is 4. The summed E-state index contributed by atoms with van der Waals surface area (Å²) in [6.07, 6.45) is -0.444. The number of para-hydroxylation sites is 1. The minimum absolute atomic E-state index is 0.0864. The number of nitrogens with one attached hydrogen (secondary N) is 1. The molecular formula is C24H21ClN2O3. The van der Waals surface area contributed by atoms with Gasteiger partial charge < -0.3 is 15.0 Å². The molecule has 3 aromatic carbocycles. The van der Waals surface area contributed by atoms with E-state index in [0.29, 0.717) is 28.4 Å². The van der Waals surface area contributed by atoms with Crippen LogP contribution in [0.2, 0.25) is 5.02 Å². The third-order valence-corrected chi connectivity index (χ3v) is 5.44. The zero-order valence-corrected chi connectivity index (χ0v) is 17.2. The number of benzene rings is 3. The van der Waals surface area contributed by atoms with E-state index in [1.54, 1.807) is 24.0 Å². The van der Waals surface area contributed by atoms with Crippen molar-refractivity contribution in [3.63, 3.8) is 0 Å². The van der Waals surface area contributed by atoms with Crippen molar-refractivity contribution >= 4 is 29.2 Å². The fourth-order valence-corrected chi connectivity index (χ4v) is 3.84. The van der Waals surface area contributed by atoms with E-state index in [4.69, 9.17) is 16.3 Å². The SMILES string of the molecule is CCOC(=O)c1ccccc1NC1c2ccccc2C(=O)N1Cc1ccccc1Cl. The van der Waals surface area contributed by atoms with Crippen LogP contribution in [0.15, 0.2) is 72.8 Å². The van der Waals surface area contributed by atoms with E-state index in [9.17, 15) is 9.59 Å². The van der Waals surface area contributed by atoms with Crippen LogP contribution in [0.5, 0.6) is 0 Å². The summed E-state index contributed by atoms with van der Waals surface area (Å²) in [5.41, 5.74) is 3.37. The summed E-state index contributed by atoms with van der Waals surface area (Å²) in [5.74, 6) is -0.493. The summed E-state index contributed by atoms with van der Waals surface area (Å²) < 4.78 is 5.18. The molecule has 0 bridgehead atoms. The molecule has 4 rings (SSSR count). The predicted molar refractivity (Wildman–Crippen MR) is 117 cm³/mol. The Balaban J connectivity index is 1.72. The number of nitrogens with zero attached hydrogens (tertiary/aromatic N) is 1. The number of amides is 1. The number of anilines is 1. The summed E-state index contributed by atoms with van der Waals surface area (Å²) in [7, 11) is 0. The Morgan fingerprint density at radius 1 is 1.03 bits per heavy atom. The maximum absolute atomic E-state index is 13.2. The average Bonchev–Trinajstić information content (AvgIpc) is 3.02. The Morgan fingerprint density at radius 3 is 2.53 bits per heavy atom. The van der Waals surface area contributed by atoms with E-state index >= 15 is 0 Å². The van der Waals surface area contributed by atoms with Crippen molar-refractivity contribution in [3.8, 4) is 0 Å². The summed E-state index contributed by atoms with van der Waals surface area (Å²) >= 11 is 6.35. The van der Waals surface area contributed by atoms with E-state index in [1.807, 2.05) is 60.7 Å². The topological polar surface area (TPSA) is 58.6 Å². The smallest absolute Gasteiger partial charge is 0.340 e. The molecule has 6 heteroatoms. The van der Waals surface area contributed by atoms with Crippen LogP contribution in [0, 0.1) is 0 Å². The van der Waals surface area contributed by atoms with Crippen LogP contribution in [-0.4, -0.2) is 23.4 Å². The highest BCUT2D eigenvalue weighted by Gasteiger charge is 2.37. The van der Waals surface area contributed by atoms with Crippen LogP contribution in [0.4, 0.5) is 5.69 Å². The van der Waals surface area contributed by atoms with Crippen LogP contribution in [0.3, 0.4) is 0 Å². The van der Waals surface area contributed by atoms with Gasteiger partial charge in [-0.15, -0.1) is 0 Å². The molecule has 0 aromatic heterocycles. The van der Waals surface area contributed by atoms with Gasteiger partial charge in [-0.25, -0.2) is 4.79 Å². The first-order valence-corrected chi connectivity index (χ1v) is 10.1. The average molecular weight is 421 g/mol. The van der Waals surface area contributed by atoms with Crippen molar-refractivity contribution in [3.05, 3.63) is 100 Å². The number of esters is 1. The normalized spacial score (nSPS) is 15.1. The summed E-state index contributed by atoms with van der Waals surface area (Å²) in [6.45, 7) is 2.40. The molecule has 30 heavy (non-hydrogen) atoms. The molecule has 1 heterocycles. The molecule has 0 fully saturated rings. The molecule has 1 amide bonds. The van der Waals surface area contributed by atoms with Gasteiger partial charge in [0, 0.05) is 22.7 Å². The van der Waals surface area contributed by atoms with Crippen LogP contribution < -0.4 is 5.32 Å². The third-order valence-electron chi connectivity index (χ3n) is 5.07. The number of ether oxygens (including phenoxy) is 1. The highest BCUT2D eigenvalue weighted by molar-refractivity contribution is 6.31. The van der Waals surface area contributed by atoms with Gasteiger partial charge in [-0.1, -0.05) is 60.1 Å². The van der Waals surface area contributed by atoms with Crippen LogP contribution in [0.1, 0.15) is 44.9 Å². The van der Waals surface area contributed by atoms with Gasteiger partial charge in [0.1, 0.15) is 6.17 Å². The number of hydrogen-bond donors (Lipinski definition) is 1. The van der Waals surface area contributed by atoms with Crippen molar-refractivity contribution in [2.45, 2.75) is 19.6 Å². The second kappa shape index (κ2) is 8.59. The second-order valence-corrected chi connectivity index (χ2v) is 7.33. The molecule has 1 unspecified atom stereocenters. The van der Waals surface area contributed by atoms with E-state index in [0.717, 1.165) is 11.1 Å². The van der Waals surface area contributed by atoms with Crippen LogP contribution in [-0.2, 0) is 11.3 Å². The van der Waals surface area contributed by atoms with E-state index in [2.05, 4.69) is 5.32 Å². The maximum Gasteiger partial charge on any atom is 0.340 e. The van der Waals surface area contributed by atoms with Gasteiger partial charge in [0.25, 0.3) is 5.91 Å². The molecule has 3 aromatic rings. The molecule has 5 nitrogen and oxygen atoms in total. The zero-order chi connectivity index (χ0) is 21.1. The number of carbonyl (C=O) groups excluding carboxylic acids is 2. The minimum atomic E-state index is -0.444. The van der Waals surface area contributed by atoms with E-state index < -0.39 is 12.1 Å². The lowest BCUT2D eigenvalue weighted by Gasteiger charge is -2.28. The van der Waals surface area contributed by atoms with Gasteiger partial charge in [0.05, 0.1) is 17.9 Å². The Morgan fingerprint density at radius 2 is 1.73 bits per heavy atom. The first kappa shape index (κ1) is 20.0. The summed E-state index contributed by atoms with van der Waals surface area (Å²) in [5, 5.41) is 3.99. The Bertz CT molecular complexity index is 1100. The molecule has 1 N–H and O–H groups in total. The molecule has 1 atom stereocenters. The van der Waals surface area contributed by atoms with E-state index in [1.165, 1.54) is 0 Å². The van der Waals surface area contributed by atoms with Crippen molar-refractivity contribution < 1.29 is 14.3 Å². The molecule has 0 radical (unpaired) electrons. The lowest BCUT2D eigenvalue weighted by molar-refractivity contribution is 0.0527. The molecular weight excluding hydrogens is 400 g/mol. The van der Waals surface area contributed by atoms with Gasteiger partial charge in [-0.05, 0) is 36.8 Å². The number of halogens is 1. The molecule has 0 spiro atoms. The van der Waals surface area contributed by atoms with Gasteiger partial charge >= 0.3 is 5.97 Å². The van der Waals surface area contributed by atoms with Crippen molar-refractivity contribution in [1.82, 2.24) is 4.90 Å². The zero-order valence-electron chi connectivity index (χ0n) is 16.5. The van der Waals surface area contributed by atoms with Gasteiger partial charge in [-0.3, -0.25) is 4.79 Å². The maximum atomic E-state index is 13.2. The van der Waals surface area contributed by atoms with Gasteiger partial charge in [0.15, 0.2) is 0 Å². The molecule has 152 valence electrons. The molecule has 1 aliphatic rings. The third kappa shape index (κ3) is 3.76. The number of carbonyl (C=O) groups is 2. The van der Waals surface area contributed by atoms with Crippen molar-refractivity contribution in [2.75, 3.05) is 11.9 Å². The fraction of sp³-hybridized carbons (Fsp3) is 0.167. The Kier molecular flexibility index (Phi) is 5.72.